The van der Waals surface area contributed by atoms with Gasteiger partial charge in [0.05, 0.1) is 0 Å². The highest BCUT2D eigenvalue weighted by molar-refractivity contribution is 7.09. The van der Waals surface area contributed by atoms with Gasteiger partial charge < -0.3 is 10.5 Å². The van der Waals surface area contributed by atoms with Crippen molar-refractivity contribution in [3.8, 4) is 0 Å². The fourth-order valence-corrected chi connectivity index (χ4v) is 1.34. The number of hydrogen-bond donors (Lipinski definition) is 1. The second-order valence-electron chi connectivity index (χ2n) is 1.89. The molecule has 0 aromatic carbocycles. The zero-order chi connectivity index (χ0) is 8.97. The van der Waals surface area contributed by atoms with Crippen LogP contribution in [0.15, 0.2) is 11.6 Å². The number of nitrogens with two attached hydrogens (primary N) is 1. The SMILES string of the molecule is NC(=O)C(OC=O)c1nccs1. The van der Waals surface area contributed by atoms with Crippen molar-refractivity contribution in [2.45, 2.75) is 6.10 Å². The Kier molecular flexibility index (Phi) is 2.76. The van der Waals surface area contributed by atoms with Gasteiger partial charge in [-0.2, -0.15) is 0 Å². The van der Waals surface area contributed by atoms with E-state index in [4.69, 9.17) is 5.73 Å². The second-order valence-corrected chi connectivity index (χ2v) is 2.81. The third-order valence-corrected chi connectivity index (χ3v) is 1.94. The number of ether oxygens (including phenoxy) is 1. The lowest BCUT2D eigenvalue weighted by atomic mass is 10.3. The summed E-state index contributed by atoms with van der Waals surface area (Å²) >= 11 is 1.20. The van der Waals surface area contributed by atoms with Gasteiger partial charge >= 0.3 is 0 Å². The Balaban J connectivity index is 2.80. The maximum absolute atomic E-state index is 10.7. The van der Waals surface area contributed by atoms with E-state index in [0.717, 1.165) is 0 Å². The second kappa shape index (κ2) is 3.82. The van der Waals surface area contributed by atoms with Gasteiger partial charge in [0.25, 0.3) is 12.4 Å². The van der Waals surface area contributed by atoms with E-state index in [0.29, 0.717) is 5.01 Å². The molecule has 2 N–H and O–H groups in total. The summed E-state index contributed by atoms with van der Waals surface area (Å²) in [6.45, 7) is 0.177. The first-order chi connectivity index (χ1) is 5.75. The minimum absolute atomic E-state index is 0.177. The molecule has 0 saturated carbocycles. The van der Waals surface area contributed by atoms with Gasteiger partial charge in [0.15, 0.2) is 0 Å². The molecule has 0 radical (unpaired) electrons. The molecular formula is C6H6N2O3S. The molecule has 0 bridgehead atoms. The van der Waals surface area contributed by atoms with E-state index in [-0.39, 0.29) is 6.47 Å². The van der Waals surface area contributed by atoms with E-state index in [1.807, 2.05) is 0 Å². The first-order valence-corrected chi connectivity index (χ1v) is 3.91. The Morgan fingerprint density at radius 2 is 2.58 bits per heavy atom. The van der Waals surface area contributed by atoms with Crippen molar-refractivity contribution in [2.24, 2.45) is 5.73 Å². The van der Waals surface area contributed by atoms with Crippen molar-refractivity contribution in [2.75, 3.05) is 0 Å². The molecule has 1 aromatic rings. The third kappa shape index (κ3) is 1.79. The van der Waals surface area contributed by atoms with Crippen molar-refractivity contribution in [3.63, 3.8) is 0 Å². The van der Waals surface area contributed by atoms with E-state index >= 15 is 0 Å². The predicted molar refractivity (Wildman–Crippen MR) is 41.2 cm³/mol. The third-order valence-electron chi connectivity index (χ3n) is 1.13. The van der Waals surface area contributed by atoms with Gasteiger partial charge in [-0.3, -0.25) is 9.59 Å². The molecule has 6 heteroatoms. The number of carbonyl (C=O) groups excluding carboxylic acids is 2. The van der Waals surface area contributed by atoms with E-state index in [1.165, 1.54) is 17.5 Å². The van der Waals surface area contributed by atoms with E-state index in [9.17, 15) is 9.59 Å². The zero-order valence-corrected chi connectivity index (χ0v) is 6.78. The quantitative estimate of drug-likeness (QED) is 0.662. The van der Waals surface area contributed by atoms with Crippen molar-refractivity contribution >= 4 is 23.7 Å². The van der Waals surface area contributed by atoms with E-state index in [1.54, 1.807) is 5.38 Å². The van der Waals surface area contributed by atoms with Crippen LogP contribution in [0.25, 0.3) is 0 Å². The number of hydrogen-bond acceptors (Lipinski definition) is 5. The maximum atomic E-state index is 10.7. The summed E-state index contributed by atoms with van der Waals surface area (Å²) in [5, 5.41) is 2.05. The molecule has 12 heavy (non-hydrogen) atoms. The van der Waals surface area contributed by atoms with Crippen LogP contribution in [-0.2, 0) is 14.3 Å². The van der Waals surface area contributed by atoms with Crippen LogP contribution in [0.1, 0.15) is 11.1 Å². The molecule has 1 atom stereocenters. The summed E-state index contributed by atoms with van der Waals surface area (Å²) in [7, 11) is 0. The number of thiazole rings is 1. The fourth-order valence-electron chi connectivity index (χ4n) is 0.666. The standard InChI is InChI=1S/C6H6N2O3S/c7-5(10)4(11-3-9)6-8-1-2-12-6/h1-4H,(H2,7,10). The highest BCUT2D eigenvalue weighted by atomic mass is 32.1. The lowest BCUT2D eigenvalue weighted by Gasteiger charge is -2.06. The van der Waals surface area contributed by atoms with Crippen molar-refractivity contribution in [1.82, 2.24) is 4.98 Å². The largest absolute Gasteiger partial charge is 0.447 e. The molecule has 0 aliphatic rings. The smallest absolute Gasteiger partial charge is 0.294 e. The predicted octanol–water partition coefficient (Wildman–Crippen LogP) is -0.158. The topological polar surface area (TPSA) is 82.3 Å². The molecule has 1 amide bonds. The Labute approximate surface area is 72.2 Å². The zero-order valence-electron chi connectivity index (χ0n) is 5.97. The molecule has 5 nitrogen and oxygen atoms in total. The van der Waals surface area contributed by atoms with Crippen LogP contribution in [0, 0.1) is 0 Å². The van der Waals surface area contributed by atoms with Crippen LogP contribution < -0.4 is 5.73 Å². The summed E-state index contributed by atoms with van der Waals surface area (Å²) in [6, 6.07) is 0. The minimum Gasteiger partial charge on any atom is -0.447 e. The van der Waals surface area contributed by atoms with Gasteiger partial charge in [0, 0.05) is 11.6 Å². The average molecular weight is 186 g/mol. The Morgan fingerprint density at radius 1 is 1.83 bits per heavy atom. The summed E-state index contributed by atoms with van der Waals surface area (Å²) < 4.78 is 4.44. The van der Waals surface area contributed by atoms with Crippen molar-refractivity contribution < 1.29 is 14.3 Å². The molecule has 0 fully saturated rings. The van der Waals surface area contributed by atoms with E-state index in [2.05, 4.69) is 9.72 Å². The molecule has 1 aromatic heterocycles. The number of rotatable bonds is 4. The number of amides is 1. The van der Waals surface area contributed by atoms with Gasteiger partial charge in [0.1, 0.15) is 5.01 Å². The Bertz CT molecular complexity index is 272. The van der Waals surface area contributed by atoms with Crippen LogP contribution in [0.4, 0.5) is 0 Å². The van der Waals surface area contributed by atoms with Gasteiger partial charge in [0.2, 0.25) is 6.10 Å². The highest BCUT2D eigenvalue weighted by Gasteiger charge is 2.21. The molecule has 0 aliphatic carbocycles. The summed E-state index contributed by atoms with van der Waals surface area (Å²) in [5.41, 5.74) is 4.96. The number of nitrogens with zero attached hydrogens (tertiary/aromatic N) is 1. The molecule has 1 unspecified atom stereocenters. The molecule has 1 rings (SSSR count). The molecule has 1 heterocycles. The summed E-state index contributed by atoms with van der Waals surface area (Å²) in [6.07, 6.45) is 0.451. The Morgan fingerprint density at radius 3 is 3.00 bits per heavy atom. The fraction of sp³-hybridized carbons (Fsp3) is 0.167. The number of carbonyl (C=O) groups is 2. The van der Waals surface area contributed by atoms with Crippen LogP contribution in [0.3, 0.4) is 0 Å². The van der Waals surface area contributed by atoms with Gasteiger partial charge in [-0.1, -0.05) is 0 Å². The minimum atomic E-state index is -1.05. The molecular weight excluding hydrogens is 180 g/mol. The number of aromatic nitrogens is 1. The van der Waals surface area contributed by atoms with Crippen LogP contribution >= 0.6 is 11.3 Å². The van der Waals surface area contributed by atoms with Crippen LogP contribution in [-0.4, -0.2) is 17.4 Å². The summed E-state index contributed by atoms with van der Waals surface area (Å²) in [4.78, 5) is 24.4. The molecule has 64 valence electrons. The van der Waals surface area contributed by atoms with Crippen LogP contribution in [0.2, 0.25) is 0 Å². The van der Waals surface area contributed by atoms with Crippen molar-refractivity contribution in [1.29, 1.82) is 0 Å². The summed E-state index contributed by atoms with van der Waals surface area (Å²) in [5.74, 6) is -0.725. The molecule has 0 spiro atoms. The average Bonchev–Trinajstić information content (AvgIpc) is 2.51. The monoisotopic (exact) mass is 186 g/mol. The van der Waals surface area contributed by atoms with Crippen LogP contribution in [0.5, 0.6) is 0 Å². The maximum Gasteiger partial charge on any atom is 0.294 e. The lowest BCUT2D eigenvalue weighted by molar-refractivity contribution is -0.143. The lowest BCUT2D eigenvalue weighted by Crippen LogP contribution is -2.23. The molecule has 0 aliphatic heterocycles. The van der Waals surface area contributed by atoms with Gasteiger partial charge in [-0.25, -0.2) is 4.98 Å². The normalized spacial score (nSPS) is 12.0. The van der Waals surface area contributed by atoms with Gasteiger partial charge in [-0.15, -0.1) is 11.3 Å². The van der Waals surface area contributed by atoms with Gasteiger partial charge in [-0.05, 0) is 0 Å². The van der Waals surface area contributed by atoms with Crippen molar-refractivity contribution in [3.05, 3.63) is 16.6 Å². The highest BCUT2D eigenvalue weighted by Crippen LogP contribution is 2.17. The first kappa shape index (κ1) is 8.66. The molecule has 0 saturated heterocycles. The first-order valence-electron chi connectivity index (χ1n) is 3.03. The van der Waals surface area contributed by atoms with E-state index < -0.39 is 12.0 Å². The number of primary amides is 1. The Hall–Kier alpha value is -1.43.